The van der Waals surface area contributed by atoms with Crippen molar-refractivity contribution < 1.29 is 24.9 Å². The molecular formula is C19H15NO5S. The third kappa shape index (κ3) is 3.73. The fraction of sp³-hybridized carbons (Fsp3) is 0.0526. The summed E-state index contributed by atoms with van der Waals surface area (Å²) in [6, 6.07) is 13.1. The van der Waals surface area contributed by atoms with Crippen molar-refractivity contribution in [3.63, 3.8) is 0 Å². The molecule has 0 amide bonds. The van der Waals surface area contributed by atoms with Gasteiger partial charge in [0.1, 0.15) is 27.9 Å². The van der Waals surface area contributed by atoms with Crippen LogP contribution >= 0.6 is 11.8 Å². The Hall–Kier alpha value is -3.19. The van der Waals surface area contributed by atoms with Gasteiger partial charge in [0.2, 0.25) is 0 Å². The van der Waals surface area contributed by atoms with Crippen molar-refractivity contribution in [3.8, 4) is 11.5 Å². The molecule has 7 heteroatoms. The van der Waals surface area contributed by atoms with Crippen molar-refractivity contribution in [2.45, 2.75) is 0 Å². The van der Waals surface area contributed by atoms with Gasteiger partial charge in [-0.1, -0.05) is 30.0 Å². The molecule has 0 fully saturated rings. The Labute approximate surface area is 153 Å². The summed E-state index contributed by atoms with van der Waals surface area (Å²) in [6.07, 6.45) is 1.54. The monoisotopic (exact) mass is 369 g/mol. The van der Waals surface area contributed by atoms with Crippen molar-refractivity contribution in [3.05, 3.63) is 70.3 Å². The van der Waals surface area contributed by atoms with Crippen molar-refractivity contribution in [2.75, 3.05) is 7.11 Å². The van der Waals surface area contributed by atoms with Crippen LogP contribution in [0, 0.1) is 0 Å². The minimum atomic E-state index is -0.702. The fourth-order valence-electron chi connectivity index (χ4n) is 2.36. The van der Waals surface area contributed by atoms with Crippen LogP contribution in [0.5, 0.6) is 11.5 Å². The molecule has 1 aliphatic heterocycles. The van der Waals surface area contributed by atoms with E-state index in [1.807, 2.05) is 18.2 Å². The molecule has 0 bridgehead atoms. The lowest BCUT2D eigenvalue weighted by Crippen LogP contribution is -2.10. The van der Waals surface area contributed by atoms with Gasteiger partial charge in [-0.25, -0.2) is 9.79 Å². The van der Waals surface area contributed by atoms with Crippen molar-refractivity contribution >= 4 is 34.5 Å². The number of aliphatic hydroxyl groups excluding tert-OH is 1. The summed E-state index contributed by atoms with van der Waals surface area (Å²) in [5, 5.41) is 30.0. The highest BCUT2D eigenvalue weighted by Crippen LogP contribution is 2.40. The number of hydrogen-bond acceptors (Lipinski definition) is 7. The van der Waals surface area contributed by atoms with E-state index in [2.05, 4.69) is 4.99 Å². The van der Waals surface area contributed by atoms with Crippen LogP contribution in [0.3, 0.4) is 0 Å². The van der Waals surface area contributed by atoms with Crippen LogP contribution in [0.15, 0.2) is 69.8 Å². The van der Waals surface area contributed by atoms with Crippen molar-refractivity contribution in [2.24, 2.45) is 4.99 Å². The van der Waals surface area contributed by atoms with Gasteiger partial charge in [0, 0.05) is 6.07 Å². The maximum absolute atomic E-state index is 12.1. The van der Waals surface area contributed by atoms with Gasteiger partial charge < -0.3 is 20.1 Å². The average molecular weight is 369 g/mol. The summed E-state index contributed by atoms with van der Waals surface area (Å²) in [4.78, 5) is 16.8. The second-order valence-corrected chi connectivity index (χ2v) is 6.39. The zero-order chi connectivity index (χ0) is 18.7. The number of hydrogen-bond donors (Lipinski definition) is 3. The predicted octanol–water partition coefficient (Wildman–Crippen LogP) is 3.90. The molecule has 2 aromatic rings. The molecule has 0 spiro atoms. The van der Waals surface area contributed by atoms with E-state index >= 15 is 0 Å². The third-order valence-corrected chi connectivity index (χ3v) is 4.51. The summed E-state index contributed by atoms with van der Waals surface area (Å²) in [7, 11) is 1.22. The van der Waals surface area contributed by atoms with E-state index in [9.17, 15) is 20.1 Å². The number of nitrogens with zero attached hydrogens (tertiary/aromatic N) is 1. The largest absolute Gasteiger partial charge is 0.508 e. The molecule has 0 radical (unpaired) electrons. The van der Waals surface area contributed by atoms with E-state index in [1.165, 1.54) is 31.4 Å². The SMILES string of the molecule is COC(=O)C1=C(O)/C(=C\c2cc(O)cc(O)c2)SC1=Nc1ccccc1. The van der Waals surface area contributed by atoms with E-state index in [-0.39, 0.29) is 22.8 Å². The molecule has 3 N–H and O–H groups in total. The Bertz CT molecular complexity index is 927. The Kier molecular flexibility index (Phi) is 4.99. The minimum Gasteiger partial charge on any atom is -0.508 e. The van der Waals surface area contributed by atoms with E-state index in [1.54, 1.807) is 12.1 Å². The number of esters is 1. The number of para-hydroxylation sites is 1. The number of aliphatic hydroxyl groups is 1. The lowest BCUT2D eigenvalue weighted by Gasteiger charge is -2.01. The van der Waals surface area contributed by atoms with Crippen LogP contribution in [-0.4, -0.2) is 33.4 Å². The molecule has 0 saturated carbocycles. The molecule has 2 aromatic carbocycles. The maximum Gasteiger partial charge on any atom is 0.344 e. The number of carbonyl (C=O) groups is 1. The summed E-state index contributed by atoms with van der Waals surface area (Å²) in [6.45, 7) is 0. The molecule has 0 aliphatic carbocycles. The summed E-state index contributed by atoms with van der Waals surface area (Å²) in [5.41, 5.74) is 1.05. The molecule has 1 heterocycles. The maximum atomic E-state index is 12.1. The number of carbonyl (C=O) groups excluding carboxylic acids is 1. The quantitative estimate of drug-likeness (QED) is 0.710. The molecule has 0 saturated heterocycles. The lowest BCUT2D eigenvalue weighted by molar-refractivity contribution is -0.135. The van der Waals surface area contributed by atoms with Gasteiger partial charge in [-0.2, -0.15) is 0 Å². The van der Waals surface area contributed by atoms with E-state index < -0.39 is 5.97 Å². The van der Waals surface area contributed by atoms with Gasteiger partial charge in [0.05, 0.1) is 17.7 Å². The number of methoxy groups -OCH3 is 1. The van der Waals surface area contributed by atoms with Gasteiger partial charge in [-0.05, 0) is 35.9 Å². The Balaban J connectivity index is 2.06. The molecule has 26 heavy (non-hydrogen) atoms. The predicted molar refractivity (Wildman–Crippen MR) is 101 cm³/mol. The second-order valence-electron chi connectivity index (χ2n) is 5.36. The van der Waals surface area contributed by atoms with Crippen LogP contribution in [-0.2, 0) is 9.53 Å². The Morgan fingerprint density at radius 3 is 2.35 bits per heavy atom. The molecule has 0 atom stereocenters. The first-order valence-corrected chi connectivity index (χ1v) is 8.38. The summed E-state index contributed by atoms with van der Waals surface area (Å²) < 4.78 is 4.75. The first kappa shape index (κ1) is 17.6. The van der Waals surface area contributed by atoms with Crippen molar-refractivity contribution in [1.29, 1.82) is 0 Å². The molecule has 0 unspecified atom stereocenters. The third-order valence-electron chi connectivity index (χ3n) is 3.49. The number of thioether (sulfide) groups is 1. The number of aliphatic imine (C=N–C) groups is 1. The van der Waals surface area contributed by atoms with Gasteiger partial charge in [-0.15, -0.1) is 0 Å². The van der Waals surface area contributed by atoms with Gasteiger partial charge >= 0.3 is 5.97 Å². The van der Waals surface area contributed by atoms with Crippen LogP contribution in [0.2, 0.25) is 0 Å². The molecule has 132 valence electrons. The van der Waals surface area contributed by atoms with Gasteiger partial charge in [0.15, 0.2) is 0 Å². The highest BCUT2D eigenvalue weighted by atomic mass is 32.2. The van der Waals surface area contributed by atoms with Crippen molar-refractivity contribution in [1.82, 2.24) is 0 Å². The van der Waals surface area contributed by atoms with Crippen LogP contribution in [0.25, 0.3) is 6.08 Å². The zero-order valence-corrected chi connectivity index (χ0v) is 14.5. The normalized spacial score (nSPS) is 17.1. The topological polar surface area (TPSA) is 99.4 Å². The summed E-state index contributed by atoms with van der Waals surface area (Å²) in [5.74, 6) is -1.20. The first-order valence-electron chi connectivity index (χ1n) is 7.56. The number of phenols is 2. The Morgan fingerprint density at radius 1 is 1.08 bits per heavy atom. The van der Waals surface area contributed by atoms with Crippen LogP contribution in [0.4, 0.5) is 5.69 Å². The Morgan fingerprint density at radius 2 is 1.73 bits per heavy atom. The van der Waals surface area contributed by atoms with Crippen LogP contribution < -0.4 is 0 Å². The number of benzene rings is 2. The zero-order valence-electron chi connectivity index (χ0n) is 13.7. The minimum absolute atomic E-state index is 0.0306. The highest BCUT2D eigenvalue weighted by Gasteiger charge is 2.32. The molecule has 0 aromatic heterocycles. The van der Waals surface area contributed by atoms with Crippen LogP contribution in [0.1, 0.15) is 5.56 Å². The van der Waals surface area contributed by atoms with E-state index in [0.29, 0.717) is 21.2 Å². The number of phenolic OH excluding ortho intramolecular Hbond substituents is 2. The smallest absolute Gasteiger partial charge is 0.344 e. The first-order chi connectivity index (χ1) is 12.5. The number of ether oxygens (including phenoxy) is 1. The lowest BCUT2D eigenvalue weighted by atomic mass is 10.1. The number of aromatic hydroxyl groups is 2. The second kappa shape index (κ2) is 7.37. The fourth-order valence-corrected chi connectivity index (χ4v) is 3.40. The standard InChI is InChI=1S/C19H15NO5S/c1-25-19(24)16-17(23)15(9-11-7-13(21)10-14(22)8-11)26-18(16)20-12-5-3-2-4-6-12/h2-10,21-23H,1H3/b15-9+,20-18?. The van der Waals surface area contributed by atoms with Gasteiger partial charge in [-0.3, -0.25) is 0 Å². The molecule has 1 aliphatic rings. The number of rotatable bonds is 3. The molecule has 3 rings (SSSR count). The molecular weight excluding hydrogens is 354 g/mol. The van der Waals surface area contributed by atoms with E-state index in [0.717, 1.165) is 11.8 Å². The highest BCUT2D eigenvalue weighted by molar-refractivity contribution is 8.18. The van der Waals surface area contributed by atoms with Gasteiger partial charge in [0.25, 0.3) is 0 Å². The average Bonchev–Trinajstić information content (AvgIpc) is 2.89. The van der Waals surface area contributed by atoms with E-state index in [4.69, 9.17) is 4.74 Å². The molecule has 6 nitrogen and oxygen atoms in total. The summed E-state index contributed by atoms with van der Waals surface area (Å²) >= 11 is 1.09.